The van der Waals surface area contributed by atoms with Gasteiger partial charge in [-0.1, -0.05) is 30.6 Å². The lowest BCUT2D eigenvalue weighted by atomic mass is 10.2. The average molecular weight is 464 g/mol. The molecule has 0 unspecified atom stereocenters. The number of methoxy groups -OCH3 is 1. The van der Waals surface area contributed by atoms with E-state index in [9.17, 15) is 4.39 Å². The van der Waals surface area contributed by atoms with Crippen molar-refractivity contribution in [1.29, 1.82) is 0 Å². The van der Waals surface area contributed by atoms with Gasteiger partial charge in [-0.3, -0.25) is 0 Å². The standard InChI is InChI=1S/C20H23BrFN5O2/c1-3-4-9-27-20(24-25-26-27)23-12-15-10-17(21)19(18(11-15)28-2)29-13-14-5-7-16(22)8-6-14/h5-8,10-11H,3-4,9,12-13H2,1-2H3,(H,23,24,26). The number of benzene rings is 2. The Bertz CT molecular complexity index is 933. The summed E-state index contributed by atoms with van der Waals surface area (Å²) in [4.78, 5) is 0. The van der Waals surface area contributed by atoms with Crippen molar-refractivity contribution in [2.75, 3.05) is 12.4 Å². The Labute approximate surface area is 177 Å². The predicted molar refractivity (Wildman–Crippen MR) is 111 cm³/mol. The summed E-state index contributed by atoms with van der Waals surface area (Å²) in [5, 5.41) is 15.0. The third-order valence-corrected chi connectivity index (χ3v) is 4.88. The van der Waals surface area contributed by atoms with Crippen LogP contribution in [0.4, 0.5) is 10.3 Å². The summed E-state index contributed by atoms with van der Waals surface area (Å²) < 4.78 is 27.0. The van der Waals surface area contributed by atoms with E-state index >= 15 is 0 Å². The van der Waals surface area contributed by atoms with Gasteiger partial charge in [-0.25, -0.2) is 9.07 Å². The first-order chi connectivity index (χ1) is 14.1. The number of aromatic nitrogens is 4. The topological polar surface area (TPSA) is 74.1 Å². The molecule has 0 radical (unpaired) electrons. The molecule has 0 aliphatic rings. The molecule has 3 rings (SSSR count). The van der Waals surface area contributed by atoms with Crippen molar-refractivity contribution in [1.82, 2.24) is 20.2 Å². The van der Waals surface area contributed by atoms with E-state index in [2.05, 4.69) is 43.7 Å². The van der Waals surface area contributed by atoms with Crippen LogP contribution in [0.15, 0.2) is 40.9 Å². The smallest absolute Gasteiger partial charge is 0.243 e. The molecule has 0 aliphatic carbocycles. The van der Waals surface area contributed by atoms with Gasteiger partial charge in [0.2, 0.25) is 5.95 Å². The van der Waals surface area contributed by atoms with Crippen LogP contribution in [0, 0.1) is 5.82 Å². The van der Waals surface area contributed by atoms with Gasteiger partial charge >= 0.3 is 0 Å². The molecule has 0 atom stereocenters. The van der Waals surface area contributed by atoms with Gasteiger partial charge in [0.15, 0.2) is 11.5 Å². The first-order valence-corrected chi connectivity index (χ1v) is 10.1. The Morgan fingerprint density at radius 1 is 1.17 bits per heavy atom. The van der Waals surface area contributed by atoms with E-state index in [0.29, 0.717) is 30.6 Å². The molecule has 0 saturated carbocycles. The summed E-state index contributed by atoms with van der Waals surface area (Å²) in [5.74, 6) is 1.55. The van der Waals surface area contributed by atoms with Crippen LogP contribution in [0.25, 0.3) is 0 Å². The molecule has 0 amide bonds. The molecule has 3 aromatic rings. The predicted octanol–water partition coefficient (Wildman–Crippen LogP) is 4.57. The number of ether oxygens (including phenoxy) is 2. The number of anilines is 1. The van der Waals surface area contributed by atoms with Crippen LogP contribution in [0.2, 0.25) is 0 Å². The highest BCUT2D eigenvalue weighted by Gasteiger charge is 2.13. The second-order valence-electron chi connectivity index (χ2n) is 6.46. The van der Waals surface area contributed by atoms with Gasteiger partial charge in [0.05, 0.1) is 11.6 Å². The Balaban J connectivity index is 1.67. The maximum absolute atomic E-state index is 13.0. The van der Waals surface area contributed by atoms with Gasteiger partial charge in [0.25, 0.3) is 0 Å². The zero-order valence-electron chi connectivity index (χ0n) is 16.4. The third-order valence-electron chi connectivity index (χ3n) is 4.29. The quantitative estimate of drug-likeness (QED) is 0.474. The molecule has 154 valence electrons. The van der Waals surface area contributed by atoms with Gasteiger partial charge in [0, 0.05) is 13.1 Å². The summed E-state index contributed by atoms with van der Waals surface area (Å²) >= 11 is 3.55. The second kappa shape index (κ2) is 10.2. The monoisotopic (exact) mass is 463 g/mol. The average Bonchev–Trinajstić information content (AvgIpc) is 3.18. The van der Waals surface area contributed by atoms with Crippen LogP contribution >= 0.6 is 15.9 Å². The lowest BCUT2D eigenvalue weighted by Gasteiger charge is -2.15. The van der Waals surface area contributed by atoms with Crippen molar-refractivity contribution in [2.24, 2.45) is 0 Å². The van der Waals surface area contributed by atoms with E-state index in [1.165, 1.54) is 12.1 Å². The van der Waals surface area contributed by atoms with E-state index in [0.717, 1.165) is 35.0 Å². The maximum atomic E-state index is 13.0. The third kappa shape index (κ3) is 5.66. The molecule has 1 aromatic heterocycles. The van der Waals surface area contributed by atoms with Gasteiger partial charge in [-0.2, -0.15) is 0 Å². The number of hydrogen-bond donors (Lipinski definition) is 1. The minimum Gasteiger partial charge on any atom is -0.493 e. The number of halogens is 2. The number of aryl methyl sites for hydroxylation is 1. The van der Waals surface area contributed by atoms with Crippen molar-refractivity contribution < 1.29 is 13.9 Å². The SMILES string of the molecule is CCCCn1nnnc1NCc1cc(Br)c(OCc2ccc(F)cc2)c(OC)c1. The van der Waals surface area contributed by atoms with E-state index in [1.54, 1.807) is 23.9 Å². The Morgan fingerprint density at radius 2 is 1.97 bits per heavy atom. The first-order valence-electron chi connectivity index (χ1n) is 9.34. The second-order valence-corrected chi connectivity index (χ2v) is 7.31. The van der Waals surface area contributed by atoms with Crippen LogP contribution < -0.4 is 14.8 Å². The van der Waals surface area contributed by atoms with Gasteiger partial charge in [-0.05, 0) is 68.2 Å². The number of nitrogens with zero attached hydrogens (tertiary/aromatic N) is 4. The molecule has 0 saturated heterocycles. The van der Waals surface area contributed by atoms with Crippen LogP contribution in [-0.4, -0.2) is 27.3 Å². The van der Waals surface area contributed by atoms with Crippen molar-refractivity contribution >= 4 is 21.9 Å². The molecule has 2 aromatic carbocycles. The molecule has 7 nitrogen and oxygen atoms in total. The molecule has 0 fully saturated rings. The van der Waals surface area contributed by atoms with Crippen LogP contribution in [0.3, 0.4) is 0 Å². The minimum absolute atomic E-state index is 0.273. The first kappa shape index (κ1) is 21.0. The summed E-state index contributed by atoms with van der Waals surface area (Å²) in [5.41, 5.74) is 1.85. The molecule has 0 aliphatic heterocycles. The van der Waals surface area contributed by atoms with E-state index in [-0.39, 0.29) is 5.82 Å². The molecular formula is C20H23BrFN5O2. The van der Waals surface area contributed by atoms with Crippen LogP contribution in [0.1, 0.15) is 30.9 Å². The Morgan fingerprint density at radius 3 is 2.69 bits per heavy atom. The van der Waals surface area contributed by atoms with Gasteiger partial charge in [0.1, 0.15) is 12.4 Å². The molecule has 29 heavy (non-hydrogen) atoms. The number of tetrazole rings is 1. The van der Waals surface area contributed by atoms with E-state index in [1.807, 2.05) is 12.1 Å². The molecule has 9 heteroatoms. The number of rotatable bonds is 10. The number of unbranched alkanes of at least 4 members (excludes halogenated alkanes) is 1. The molecule has 0 bridgehead atoms. The Kier molecular flexibility index (Phi) is 7.40. The molecule has 0 spiro atoms. The maximum Gasteiger partial charge on any atom is 0.243 e. The normalized spacial score (nSPS) is 10.8. The summed E-state index contributed by atoms with van der Waals surface area (Å²) in [7, 11) is 1.59. The summed E-state index contributed by atoms with van der Waals surface area (Å²) in [6, 6.07) is 10.1. The van der Waals surface area contributed by atoms with Gasteiger partial charge < -0.3 is 14.8 Å². The lowest BCUT2D eigenvalue weighted by Crippen LogP contribution is -2.09. The molecular weight excluding hydrogens is 441 g/mol. The van der Waals surface area contributed by atoms with Crippen LogP contribution in [0.5, 0.6) is 11.5 Å². The van der Waals surface area contributed by atoms with E-state index < -0.39 is 0 Å². The van der Waals surface area contributed by atoms with Crippen molar-refractivity contribution in [3.8, 4) is 11.5 Å². The summed E-state index contributed by atoms with van der Waals surface area (Å²) in [6.07, 6.45) is 2.09. The van der Waals surface area contributed by atoms with Crippen molar-refractivity contribution in [2.45, 2.75) is 39.5 Å². The minimum atomic E-state index is -0.273. The zero-order valence-corrected chi connectivity index (χ0v) is 17.9. The highest BCUT2D eigenvalue weighted by atomic mass is 79.9. The fraction of sp³-hybridized carbons (Fsp3) is 0.350. The number of hydrogen-bond acceptors (Lipinski definition) is 6. The van der Waals surface area contributed by atoms with Crippen LogP contribution in [-0.2, 0) is 19.7 Å². The number of nitrogens with one attached hydrogen (secondary N) is 1. The Hall–Kier alpha value is -2.68. The van der Waals surface area contributed by atoms with E-state index in [4.69, 9.17) is 9.47 Å². The van der Waals surface area contributed by atoms with Crippen molar-refractivity contribution in [3.63, 3.8) is 0 Å². The fourth-order valence-electron chi connectivity index (χ4n) is 2.72. The largest absolute Gasteiger partial charge is 0.493 e. The highest BCUT2D eigenvalue weighted by molar-refractivity contribution is 9.10. The molecule has 1 heterocycles. The zero-order chi connectivity index (χ0) is 20.6. The van der Waals surface area contributed by atoms with Gasteiger partial charge in [-0.15, -0.1) is 0 Å². The van der Waals surface area contributed by atoms with Crippen molar-refractivity contribution in [3.05, 3.63) is 57.8 Å². The lowest BCUT2D eigenvalue weighted by molar-refractivity contribution is 0.282. The molecule has 1 N–H and O–H groups in total. The summed E-state index contributed by atoms with van der Waals surface area (Å²) in [6.45, 7) is 3.73. The highest BCUT2D eigenvalue weighted by Crippen LogP contribution is 2.37. The fourth-order valence-corrected chi connectivity index (χ4v) is 3.33.